The molecule has 21 heavy (non-hydrogen) atoms. The molecule has 2 aliphatic rings. The Kier molecular flexibility index (Phi) is 4.37. The number of nitrogens with zero attached hydrogens (tertiary/aromatic N) is 1. The third-order valence-corrected chi connectivity index (χ3v) is 4.85. The van der Waals surface area contributed by atoms with Crippen molar-refractivity contribution in [2.45, 2.75) is 51.4 Å². The van der Waals surface area contributed by atoms with Crippen LogP contribution in [0.5, 0.6) is 0 Å². The summed E-state index contributed by atoms with van der Waals surface area (Å²) in [5.41, 5.74) is 1.13. The molecule has 0 radical (unpaired) electrons. The summed E-state index contributed by atoms with van der Waals surface area (Å²) in [7, 11) is 0. The third kappa shape index (κ3) is 3.02. The Balaban J connectivity index is 1.48. The minimum absolute atomic E-state index is 0.117. The van der Waals surface area contributed by atoms with E-state index in [1.54, 1.807) is 12.1 Å². The minimum Gasteiger partial charge on any atom is -0.274 e. The van der Waals surface area contributed by atoms with Gasteiger partial charge in [-0.15, -0.1) is 0 Å². The monoisotopic (exact) mass is 285 g/mol. The number of amides is 2. The second-order valence-electron chi connectivity index (χ2n) is 6.31. The number of benzene rings is 1. The van der Waals surface area contributed by atoms with Crippen LogP contribution in [0.4, 0.5) is 0 Å². The summed E-state index contributed by atoms with van der Waals surface area (Å²) in [5, 5.41) is 0. The second kappa shape index (κ2) is 6.42. The van der Waals surface area contributed by atoms with Crippen LogP contribution < -0.4 is 0 Å². The average molecular weight is 285 g/mol. The van der Waals surface area contributed by atoms with E-state index in [1.165, 1.54) is 43.4 Å². The van der Waals surface area contributed by atoms with Gasteiger partial charge in [-0.2, -0.15) is 0 Å². The topological polar surface area (TPSA) is 37.4 Å². The lowest BCUT2D eigenvalue weighted by Crippen LogP contribution is -2.30. The summed E-state index contributed by atoms with van der Waals surface area (Å²) in [4.78, 5) is 25.8. The van der Waals surface area contributed by atoms with Crippen LogP contribution >= 0.6 is 0 Å². The van der Waals surface area contributed by atoms with Crippen molar-refractivity contribution in [2.24, 2.45) is 5.92 Å². The normalized spacial score (nSPS) is 19.1. The molecule has 1 heterocycles. The molecule has 0 spiro atoms. The molecule has 3 rings (SSSR count). The van der Waals surface area contributed by atoms with Crippen LogP contribution in [0.15, 0.2) is 24.3 Å². The third-order valence-electron chi connectivity index (χ3n) is 4.85. The van der Waals surface area contributed by atoms with Crippen LogP contribution in [-0.2, 0) is 0 Å². The van der Waals surface area contributed by atoms with Gasteiger partial charge in [-0.1, -0.05) is 57.1 Å². The molecule has 0 bridgehead atoms. The van der Waals surface area contributed by atoms with Gasteiger partial charge in [-0.25, -0.2) is 0 Å². The molecule has 1 fully saturated rings. The summed E-state index contributed by atoms with van der Waals surface area (Å²) < 4.78 is 0. The van der Waals surface area contributed by atoms with Gasteiger partial charge in [0.25, 0.3) is 11.8 Å². The fourth-order valence-corrected chi connectivity index (χ4v) is 3.62. The summed E-state index contributed by atoms with van der Waals surface area (Å²) in [6.45, 7) is 0.569. The van der Waals surface area contributed by atoms with E-state index in [0.29, 0.717) is 17.7 Å². The molecule has 112 valence electrons. The number of unbranched alkanes of at least 4 members (excludes halogenated alkanes) is 1. The molecule has 1 saturated carbocycles. The highest BCUT2D eigenvalue weighted by molar-refractivity contribution is 6.21. The molecule has 0 unspecified atom stereocenters. The van der Waals surface area contributed by atoms with E-state index < -0.39 is 0 Å². The fraction of sp³-hybridized carbons (Fsp3) is 0.556. The molecule has 0 saturated heterocycles. The van der Waals surface area contributed by atoms with Crippen molar-refractivity contribution < 1.29 is 9.59 Å². The van der Waals surface area contributed by atoms with Crippen molar-refractivity contribution >= 4 is 11.8 Å². The molecule has 3 nitrogen and oxygen atoms in total. The number of fused-ring (bicyclic) bond motifs is 1. The molecular weight excluding hydrogens is 262 g/mol. The van der Waals surface area contributed by atoms with Gasteiger partial charge in [0.05, 0.1) is 11.1 Å². The van der Waals surface area contributed by atoms with Crippen LogP contribution in [0.2, 0.25) is 0 Å². The van der Waals surface area contributed by atoms with Crippen LogP contribution in [0, 0.1) is 5.92 Å². The standard InChI is InChI=1S/C18H23NO2/c20-17-15-11-4-5-12-16(15)18(21)19(17)13-7-6-10-14-8-2-1-3-9-14/h4-5,11-12,14H,1-3,6-10,13H2. The van der Waals surface area contributed by atoms with Crippen LogP contribution in [0.25, 0.3) is 0 Å². The first-order valence-corrected chi connectivity index (χ1v) is 8.22. The summed E-state index contributed by atoms with van der Waals surface area (Å²) in [5.74, 6) is 0.641. The smallest absolute Gasteiger partial charge is 0.261 e. The van der Waals surface area contributed by atoms with Crippen molar-refractivity contribution in [3.8, 4) is 0 Å². The van der Waals surface area contributed by atoms with Crippen molar-refractivity contribution in [1.82, 2.24) is 4.90 Å². The van der Waals surface area contributed by atoms with Crippen molar-refractivity contribution in [3.05, 3.63) is 35.4 Å². The van der Waals surface area contributed by atoms with E-state index in [9.17, 15) is 9.59 Å². The van der Waals surface area contributed by atoms with Gasteiger partial charge in [0, 0.05) is 6.54 Å². The van der Waals surface area contributed by atoms with Gasteiger partial charge >= 0.3 is 0 Å². The van der Waals surface area contributed by atoms with E-state index >= 15 is 0 Å². The maximum absolute atomic E-state index is 12.2. The van der Waals surface area contributed by atoms with Gasteiger partial charge in [0.15, 0.2) is 0 Å². The van der Waals surface area contributed by atoms with Crippen LogP contribution in [0.3, 0.4) is 0 Å². The first-order chi connectivity index (χ1) is 10.3. The zero-order valence-corrected chi connectivity index (χ0v) is 12.5. The zero-order chi connectivity index (χ0) is 14.7. The lowest BCUT2D eigenvalue weighted by molar-refractivity contribution is 0.0651. The maximum Gasteiger partial charge on any atom is 0.261 e. The molecule has 1 aromatic carbocycles. The van der Waals surface area contributed by atoms with Gasteiger partial charge < -0.3 is 0 Å². The van der Waals surface area contributed by atoms with E-state index in [-0.39, 0.29) is 11.8 Å². The Morgan fingerprint density at radius 3 is 2.14 bits per heavy atom. The van der Waals surface area contributed by atoms with E-state index in [1.807, 2.05) is 12.1 Å². The highest BCUT2D eigenvalue weighted by atomic mass is 16.2. The lowest BCUT2D eigenvalue weighted by Gasteiger charge is -2.21. The molecule has 1 aliphatic carbocycles. The second-order valence-corrected chi connectivity index (χ2v) is 6.31. The highest BCUT2D eigenvalue weighted by Crippen LogP contribution is 2.28. The predicted molar refractivity (Wildman–Crippen MR) is 82.2 cm³/mol. The number of hydrogen-bond acceptors (Lipinski definition) is 2. The quantitative estimate of drug-likeness (QED) is 0.605. The molecule has 0 atom stereocenters. The summed E-state index contributed by atoms with van der Waals surface area (Å²) >= 11 is 0. The Bertz CT molecular complexity index is 497. The average Bonchev–Trinajstić information content (AvgIpc) is 2.77. The van der Waals surface area contributed by atoms with Gasteiger partial charge in [0.2, 0.25) is 0 Å². The molecule has 0 aromatic heterocycles. The van der Waals surface area contributed by atoms with Crippen molar-refractivity contribution in [2.75, 3.05) is 6.54 Å². The molecule has 1 aromatic rings. The lowest BCUT2D eigenvalue weighted by atomic mass is 9.86. The minimum atomic E-state index is -0.117. The summed E-state index contributed by atoms with van der Waals surface area (Å²) in [6.07, 6.45) is 10.2. The fourth-order valence-electron chi connectivity index (χ4n) is 3.62. The number of rotatable bonds is 5. The van der Waals surface area contributed by atoms with Crippen LogP contribution in [0.1, 0.15) is 72.1 Å². The van der Waals surface area contributed by atoms with Crippen molar-refractivity contribution in [3.63, 3.8) is 0 Å². The van der Waals surface area contributed by atoms with Gasteiger partial charge in [-0.3, -0.25) is 14.5 Å². The van der Waals surface area contributed by atoms with Gasteiger partial charge in [0.1, 0.15) is 0 Å². The molecule has 2 amide bonds. The number of carbonyl (C=O) groups excluding carboxylic acids is 2. The SMILES string of the molecule is O=C1c2ccccc2C(=O)N1CCCCC1CCCCC1. The largest absolute Gasteiger partial charge is 0.274 e. The first kappa shape index (κ1) is 14.3. The van der Waals surface area contributed by atoms with E-state index in [0.717, 1.165) is 18.8 Å². The number of hydrogen-bond donors (Lipinski definition) is 0. The molecule has 3 heteroatoms. The number of imide groups is 1. The van der Waals surface area contributed by atoms with Crippen molar-refractivity contribution in [1.29, 1.82) is 0 Å². The molecule has 1 aliphatic heterocycles. The first-order valence-electron chi connectivity index (χ1n) is 8.22. The Morgan fingerprint density at radius 2 is 1.52 bits per heavy atom. The maximum atomic E-state index is 12.2. The molecule has 0 N–H and O–H groups in total. The van der Waals surface area contributed by atoms with Crippen LogP contribution in [-0.4, -0.2) is 23.3 Å². The molecular formula is C18H23NO2. The Labute approximate surface area is 126 Å². The Hall–Kier alpha value is -1.64. The Morgan fingerprint density at radius 1 is 0.905 bits per heavy atom. The zero-order valence-electron chi connectivity index (χ0n) is 12.5. The van der Waals surface area contributed by atoms with Gasteiger partial charge in [-0.05, 0) is 24.5 Å². The van der Waals surface area contributed by atoms with E-state index in [2.05, 4.69) is 0 Å². The summed E-state index contributed by atoms with van der Waals surface area (Å²) in [6, 6.07) is 7.13. The predicted octanol–water partition coefficient (Wildman–Crippen LogP) is 4.03. The van der Waals surface area contributed by atoms with E-state index in [4.69, 9.17) is 0 Å². The highest BCUT2D eigenvalue weighted by Gasteiger charge is 2.34. The number of carbonyl (C=O) groups is 2.